The van der Waals surface area contributed by atoms with Crippen LogP contribution in [0.2, 0.25) is 0 Å². The van der Waals surface area contributed by atoms with Gasteiger partial charge in [0.25, 0.3) is 0 Å². The molecule has 1 aromatic carbocycles. The van der Waals surface area contributed by atoms with Crippen molar-refractivity contribution in [1.82, 2.24) is 5.32 Å². The van der Waals surface area contributed by atoms with Gasteiger partial charge >= 0.3 is 0 Å². The molecule has 1 aliphatic rings. The van der Waals surface area contributed by atoms with E-state index in [1.165, 1.54) is 0 Å². The van der Waals surface area contributed by atoms with Gasteiger partial charge in [0.1, 0.15) is 0 Å². The van der Waals surface area contributed by atoms with Gasteiger partial charge in [-0.15, -0.1) is 0 Å². The summed E-state index contributed by atoms with van der Waals surface area (Å²) >= 11 is 3.46. The highest BCUT2D eigenvalue weighted by atomic mass is 79.9. The topological polar surface area (TPSA) is 55.1 Å². The minimum Gasteiger partial charge on any atom is -0.349 e. The maximum absolute atomic E-state index is 12.3. The van der Waals surface area contributed by atoms with E-state index in [0.29, 0.717) is 5.92 Å². The molecule has 2 rings (SSSR count). The third kappa shape index (κ3) is 4.06. The Kier molecular flexibility index (Phi) is 5.61. The summed E-state index contributed by atoms with van der Waals surface area (Å²) in [5.74, 6) is 0.960. The minimum absolute atomic E-state index is 0.0484. The summed E-state index contributed by atoms with van der Waals surface area (Å²) in [6, 6.07) is 8.13. The number of rotatable bonds is 4. The standard InChI is InChI=1S/C16H23BrN2O/c1-11(14-3-2-4-15(17)9-14)19-16(20)13-7-5-12(10-18)6-8-13/h2-4,9,11-13H,5-8,10,18H2,1H3,(H,19,20)/t11-,12?,13?/m1/s1. The molecule has 4 heteroatoms. The molecule has 0 saturated heterocycles. The molecule has 0 spiro atoms. The van der Waals surface area contributed by atoms with Crippen molar-refractivity contribution in [2.75, 3.05) is 6.54 Å². The predicted octanol–water partition coefficient (Wildman–Crippen LogP) is 3.39. The van der Waals surface area contributed by atoms with Crippen LogP contribution < -0.4 is 11.1 Å². The Labute approximate surface area is 129 Å². The second-order valence-electron chi connectivity index (χ2n) is 5.74. The molecule has 1 atom stereocenters. The first kappa shape index (κ1) is 15.5. The van der Waals surface area contributed by atoms with Crippen molar-refractivity contribution in [3.63, 3.8) is 0 Å². The first-order valence-electron chi connectivity index (χ1n) is 7.36. The van der Waals surface area contributed by atoms with Crippen LogP contribution in [-0.4, -0.2) is 12.5 Å². The number of hydrogen-bond acceptors (Lipinski definition) is 2. The van der Waals surface area contributed by atoms with Crippen molar-refractivity contribution >= 4 is 21.8 Å². The molecule has 0 radical (unpaired) electrons. The molecular weight excluding hydrogens is 316 g/mol. The van der Waals surface area contributed by atoms with Gasteiger partial charge in [0, 0.05) is 10.4 Å². The highest BCUT2D eigenvalue weighted by molar-refractivity contribution is 9.10. The number of benzene rings is 1. The molecule has 1 amide bonds. The molecule has 110 valence electrons. The Bertz CT molecular complexity index is 456. The second-order valence-corrected chi connectivity index (χ2v) is 6.65. The van der Waals surface area contributed by atoms with Crippen molar-refractivity contribution in [2.45, 2.75) is 38.6 Å². The van der Waals surface area contributed by atoms with Crippen LogP contribution in [0.5, 0.6) is 0 Å². The SMILES string of the molecule is C[C@@H](NC(=O)C1CCC(CN)CC1)c1cccc(Br)c1. The molecule has 1 saturated carbocycles. The molecule has 3 N–H and O–H groups in total. The second kappa shape index (κ2) is 7.23. The molecule has 1 aromatic rings. The fourth-order valence-electron chi connectivity index (χ4n) is 2.85. The van der Waals surface area contributed by atoms with Gasteiger partial charge in [-0.2, -0.15) is 0 Å². The number of carbonyl (C=O) groups is 1. The van der Waals surface area contributed by atoms with E-state index in [1.807, 2.05) is 25.1 Å². The Hall–Kier alpha value is -0.870. The molecule has 0 bridgehead atoms. The smallest absolute Gasteiger partial charge is 0.223 e. The Morgan fingerprint density at radius 3 is 2.70 bits per heavy atom. The largest absolute Gasteiger partial charge is 0.349 e. The van der Waals surface area contributed by atoms with Crippen molar-refractivity contribution < 1.29 is 4.79 Å². The van der Waals surface area contributed by atoms with E-state index in [2.05, 4.69) is 27.3 Å². The van der Waals surface area contributed by atoms with E-state index in [9.17, 15) is 4.79 Å². The van der Waals surface area contributed by atoms with Gasteiger partial charge in [0.05, 0.1) is 6.04 Å². The number of carbonyl (C=O) groups excluding carboxylic acids is 1. The van der Waals surface area contributed by atoms with Gasteiger partial charge < -0.3 is 11.1 Å². The van der Waals surface area contributed by atoms with E-state index >= 15 is 0 Å². The number of nitrogens with two attached hydrogens (primary N) is 1. The molecule has 1 aliphatic carbocycles. The van der Waals surface area contributed by atoms with E-state index in [-0.39, 0.29) is 17.9 Å². The minimum atomic E-state index is 0.0484. The molecule has 3 nitrogen and oxygen atoms in total. The molecule has 0 aliphatic heterocycles. The van der Waals surface area contributed by atoms with Gasteiger partial charge in [-0.3, -0.25) is 4.79 Å². The maximum atomic E-state index is 12.3. The summed E-state index contributed by atoms with van der Waals surface area (Å²) in [7, 11) is 0. The van der Waals surface area contributed by atoms with E-state index in [1.54, 1.807) is 0 Å². The number of hydrogen-bond donors (Lipinski definition) is 2. The molecule has 0 unspecified atom stereocenters. The van der Waals surface area contributed by atoms with E-state index < -0.39 is 0 Å². The monoisotopic (exact) mass is 338 g/mol. The summed E-state index contributed by atoms with van der Waals surface area (Å²) < 4.78 is 1.04. The van der Waals surface area contributed by atoms with Crippen LogP contribution in [0.4, 0.5) is 0 Å². The fraction of sp³-hybridized carbons (Fsp3) is 0.562. The van der Waals surface area contributed by atoms with Crippen LogP contribution in [0, 0.1) is 11.8 Å². The molecular formula is C16H23BrN2O. The highest BCUT2D eigenvalue weighted by Crippen LogP contribution is 2.29. The lowest BCUT2D eigenvalue weighted by Gasteiger charge is -2.28. The maximum Gasteiger partial charge on any atom is 0.223 e. The zero-order chi connectivity index (χ0) is 14.5. The van der Waals surface area contributed by atoms with Crippen LogP contribution >= 0.6 is 15.9 Å². The van der Waals surface area contributed by atoms with Gasteiger partial charge in [-0.25, -0.2) is 0 Å². The fourth-order valence-corrected chi connectivity index (χ4v) is 3.27. The summed E-state index contributed by atoms with van der Waals surface area (Å²) in [4.78, 5) is 12.3. The van der Waals surface area contributed by atoms with Gasteiger partial charge in [-0.1, -0.05) is 28.1 Å². The Morgan fingerprint density at radius 2 is 2.10 bits per heavy atom. The Morgan fingerprint density at radius 1 is 1.40 bits per heavy atom. The first-order valence-corrected chi connectivity index (χ1v) is 8.15. The lowest BCUT2D eigenvalue weighted by Crippen LogP contribution is -2.35. The zero-order valence-corrected chi connectivity index (χ0v) is 13.5. The summed E-state index contributed by atoms with van der Waals surface area (Å²) in [6.45, 7) is 2.79. The average Bonchev–Trinajstić information content (AvgIpc) is 2.47. The summed E-state index contributed by atoms with van der Waals surface area (Å²) in [5, 5.41) is 3.13. The third-order valence-corrected chi connectivity index (χ3v) is 4.75. The van der Waals surface area contributed by atoms with Crippen LogP contribution in [0.3, 0.4) is 0 Å². The molecule has 1 fully saturated rings. The van der Waals surface area contributed by atoms with Crippen molar-refractivity contribution in [2.24, 2.45) is 17.6 Å². The van der Waals surface area contributed by atoms with Gasteiger partial charge in [0.15, 0.2) is 0 Å². The normalized spacial score (nSPS) is 24.1. The zero-order valence-electron chi connectivity index (χ0n) is 11.9. The average molecular weight is 339 g/mol. The Balaban J connectivity index is 1.88. The lowest BCUT2D eigenvalue weighted by molar-refractivity contribution is -0.126. The van der Waals surface area contributed by atoms with Gasteiger partial charge in [-0.05, 0) is 62.8 Å². The molecule has 0 heterocycles. The van der Waals surface area contributed by atoms with E-state index in [0.717, 1.165) is 42.3 Å². The van der Waals surface area contributed by atoms with Crippen molar-refractivity contribution in [3.8, 4) is 0 Å². The summed E-state index contributed by atoms with van der Waals surface area (Å²) in [6.07, 6.45) is 4.11. The quantitative estimate of drug-likeness (QED) is 0.883. The highest BCUT2D eigenvalue weighted by Gasteiger charge is 2.26. The van der Waals surface area contributed by atoms with Crippen LogP contribution in [0.1, 0.15) is 44.2 Å². The van der Waals surface area contributed by atoms with Crippen molar-refractivity contribution in [3.05, 3.63) is 34.3 Å². The van der Waals surface area contributed by atoms with E-state index in [4.69, 9.17) is 5.73 Å². The van der Waals surface area contributed by atoms with Crippen molar-refractivity contribution in [1.29, 1.82) is 0 Å². The molecule has 20 heavy (non-hydrogen) atoms. The van der Waals surface area contributed by atoms with Gasteiger partial charge in [0.2, 0.25) is 5.91 Å². The number of amides is 1. The van der Waals surface area contributed by atoms with Crippen LogP contribution in [-0.2, 0) is 4.79 Å². The third-order valence-electron chi connectivity index (χ3n) is 4.26. The molecule has 0 aromatic heterocycles. The lowest BCUT2D eigenvalue weighted by atomic mass is 9.81. The van der Waals surface area contributed by atoms with Crippen LogP contribution in [0.25, 0.3) is 0 Å². The predicted molar refractivity (Wildman–Crippen MR) is 85.2 cm³/mol. The number of halogens is 1. The number of nitrogens with one attached hydrogen (secondary N) is 1. The summed E-state index contributed by atoms with van der Waals surface area (Å²) in [5.41, 5.74) is 6.82. The first-order chi connectivity index (χ1) is 9.60. The van der Waals surface area contributed by atoms with Crippen LogP contribution in [0.15, 0.2) is 28.7 Å².